The maximum Gasteiger partial charge on any atom is 0.259 e. The molecular weight excluding hydrogens is 320 g/mol. The number of pyridine rings is 1. The predicted molar refractivity (Wildman–Crippen MR) is 91.6 cm³/mol. The number of aryl methyl sites for hydroxylation is 1. The van der Waals surface area contributed by atoms with Gasteiger partial charge in [0.1, 0.15) is 5.56 Å². The number of nitrogens with zero attached hydrogens (tertiary/aromatic N) is 4. The number of hydrogen-bond donors (Lipinski definition) is 0. The molecule has 1 aliphatic rings. The summed E-state index contributed by atoms with van der Waals surface area (Å²) in [5.74, 6) is 0.393. The molecule has 3 rings (SSSR count). The van der Waals surface area contributed by atoms with Crippen molar-refractivity contribution in [2.75, 3.05) is 19.7 Å². The number of hydrogen-bond acceptors (Lipinski definition) is 5. The van der Waals surface area contributed by atoms with E-state index in [1.54, 1.807) is 47.2 Å². The highest BCUT2D eigenvalue weighted by atomic mass is 16.5. The van der Waals surface area contributed by atoms with Gasteiger partial charge in [0, 0.05) is 44.6 Å². The minimum atomic E-state index is -0.231. The highest BCUT2D eigenvalue weighted by Crippen LogP contribution is 2.24. The first-order valence-corrected chi connectivity index (χ1v) is 8.50. The number of Topliss-reactive ketones (excluding diaryl/α,β-unsaturated/α-hetero) is 1. The lowest BCUT2D eigenvalue weighted by Crippen LogP contribution is -2.43. The number of aromatic nitrogens is 3. The molecule has 7 heteroatoms. The molecular formula is C18H22N4O3. The van der Waals surface area contributed by atoms with Gasteiger partial charge in [0.2, 0.25) is 11.7 Å². The van der Waals surface area contributed by atoms with Crippen molar-refractivity contribution in [3.63, 3.8) is 0 Å². The van der Waals surface area contributed by atoms with E-state index in [0.717, 1.165) is 12.8 Å². The maximum absolute atomic E-state index is 12.9. The van der Waals surface area contributed by atoms with Crippen LogP contribution in [0.5, 0.6) is 5.88 Å². The normalized spacial score (nSPS) is 17.4. The topological polar surface area (TPSA) is 77.3 Å². The monoisotopic (exact) mass is 342 g/mol. The summed E-state index contributed by atoms with van der Waals surface area (Å²) in [6.45, 7) is 3.32. The van der Waals surface area contributed by atoms with Crippen LogP contribution in [0.1, 0.15) is 40.7 Å². The van der Waals surface area contributed by atoms with Crippen molar-refractivity contribution in [2.24, 2.45) is 13.0 Å². The van der Waals surface area contributed by atoms with E-state index in [1.807, 2.05) is 6.92 Å². The average Bonchev–Trinajstić information content (AvgIpc) is 3.07. The largest absolute Gasteiger partial charge is 0.477 e. The SMILES string of the molecule is CCOc1ncccc1C(=O)N1CCC[C@@H](C(=O)c2nccn2C)C1. The molecule has 0 radical (unpaired) electrons. The zero-order chi connectivity index (χ0) is 17.8. The first-order valence-electron chi connectivity index (χ1n) is 8.50. The number of carbonyl (C=O) groups is 2. The van der Waals surface area contributed by atoms with Crippen molar-refractivity contribution in [3.05, 3.63) is 42.1 Å². The molecule has 1 atom stereocenters. The van der Waals surface area contributed by atoms with Crippen LogP contribution in [-0.2, 0) is 7.05 Å². The Bertz CT molecular complexity index is 771. The second-order valence-electron chi connectivity index (χ2n) is 6.11. The van der Waals surface area contributed by atoms with Gasteiger partial charge in [-0.15, -0.1) is 0 Å². The fourth-order valence-electron chi connectivity index (χ4n) is 3.14. The first-order chi connectivity index (χ1) is 12.1. The second kappa shape index (κ2) is 7.46. The second-order valence-corrected chi connectivity index (χ2v) is 6.11. The summed E-state index contributed by atoms with van der Waals surface area (Å²) in [7, 11) is 1.80. The van der Waals surface area contributed by atoms with Crippen molar-refractivity contribution in [1.82, 2.24) is 19.4 Å². The van der Waals surface area contributed by atoms with Crippen LogP contribution in [-0.4, -0.2) is 50.8 Å². The molecule has 7 nitrogen and oxygen atoms in total. The fraction of sp³-hybridized carbons (Fsp3) is 0.444. The summed E-state index contributed by atoms with van der Waals surface area (Å²) < 4.78 is 7.18. The van der Waals surface area contributed by atoms with Crippen LogP contribution in [0.2, 0.25) is 0 Å². The van der Waals surface area contributed by atoms with E-state index in [9.17, 15) is 9.59 Å². The molecule has 132 valence electrons. The Balaban J connectivity index is 1.76. The van der Waals surface area contributed by atoms with Crippen LogP contribution in [0, 0.1) is 5.92 Å². The summed E-state index contributed by atoms with van der Waals surface area (Å²) in [5, 5.41) is 0. The van der Waals surface area contributed by atoms with Gasteiger partial charge in [0.25, 0.3) is 5.91 Å². The quantitative estimate of drug-likeness (QED) is 0.776. The van der Waals surface area contributed by atoms with E-state index in [1.165, 1.54) is 0 Å². The van der Waals surface area contributed by atoms with E-state index < -0.39 is 0 Å². The van der Waals surface area contributed by atoms with Crippen LogP contribution in [0.3, 0.4) is 0 Å². The molecule has 2 aromatic rings. The molecule has 1 amide bonds. The maximum atomic E-state index is 12.9. The summed E-state index contributed by atoms with van der Waals surface area (Å²) in [5.41, 5.74) is 0.439. The third-order valence-electron chi connectivity index (χ3n) is 4.40. The summed E-state index contributed by atoms with van der Waals surface area (Å²) >= 11 is 0. The molecule has 2 aromatic heterocycles. The van der Waals surface area contributed by atoms with Crippen LogP contribution >= 0.6 is 0 Å². The average molecular weight is 342 g/mol. The van der Waals surface area contributed by atoms with Gasteiger partial charge >= 0.3 is 0 Å². The highest BCUT2D eigenvalue weighted by molar-refractivity contribution is 5.98. The molecule has 0 aliphatic carbocycles. The molecule has 0 aromatic carbocycles. The molecule has 0 bridgehead atoms. The molecule has 25 heavy (non-hydrogen) atoms. The van der Waals surface area contributed by atoms with E-state index in [2.05, 4.69) is 9.97 Å². The lowest BCUT2D eigenvalue weighted by Gasteiger charge is -2.32. The minimum absolute atomic E-state index is 0.0128. The zero-order valence-corrected chi connectivity index (χ0v) is 14.5. The van der Waals surface area contributed by atoms with Crippen molar-refractivity contribution >= 4 is 11.7 Å². The number of rotatable bonds is 5. The number of piperidine rings is 1. The Labute approximate surface area is 146 Å². The van der Waals surface area contributed by atoms with Crippen LogP contribution in [0.15, 0.2) is 30.7 Å². The number of carbonyl (C=O) groups excluding carboxylic acids is 2. The molecule has 1 fully saturated rings. The van der Waals surface area contributed by atoms with Gasteiger partial charge in [0.05, 0.1) is 6.61 Å². The molecule has 1 saturated heterocycles. The number of amides is 1. The minimum Gasteiger partial charge on any atom is -0.477 e. The Morgan fingerprint density at radius 2 is 2.16 bits per heavy atom. The van der Waals surface area contributed by atoms with Gasteiger partial charge in [-0.05, 0) is 31.9 Å². The Kier molecular flexibility index (Phi) is 5.11. The number of ketones is 1. The van der Waals surface area contributed by atoms with Crippen molar-refractivity contribution in [3.8, 4) is 5.88 Å². The predicted octanol–water partition coefficient (Wildman–Crippen LogP) is 1.95. The lowest BCUT2D eigenvalue weighted by atomic mass is 9.93. The van der Waals surface area contributed by atoms with E-state index in [-0.39, 0.29) is 17.6 Å². The third kappa shape index (κ3) is 3.55. The van der Waals surface area contributed by atoms with E-state index in [4.69, 9.17) is 4.74 Å². The standard InChI is InChI=1S/C18H22N4O3/c1-3-25-17-14(7-4-8-20-17)18(24)22-10-5-6-13(12-22)15(23)16-19-9-11-21(16)2/h4,7-9,11,13H,3,5-6,10,12H2,1-2H3/t13-/m1/s1. The van der Waals surface area contributed by atoms with Crippen LogP contribution in [0.25, 0.3) is 0 Å². The summed E-state index contributed by atoms with van der Waals surface area (Å²) in [6.07, 6.45) is 6.52. The molecule has 1 aliphatic heterocycles. The smallest absolute Gasteiger partial charge is 0.259 e. The fourth-order valence-corrected chi connectivity index (χ4v) is 3.14. The molecule has 0 N–H and O–H groups in total. The summed E-state index contributed by atoms with van der Waals surface area (Å²) in [6, 6.07) is 3.43. The number of likely N-dealkylation sites (tertiary alicyclic amines) is 1. The van der Waals surface area contributed by atoms with Crippen LogP contribution in [0.4, 0.5) is 0 Å². The van der Waals surface area contributed by atoms with Gasteiger partial charge in [0.15, 0.2) is 5.82 Å². The Hall–Kier alpha value is -2.70. The van der Waals surface area contributed by atoms with E-state index in [0.29, 0.717) is 37.0 Å². The number of imidazole rings is 1. The number of ether oxygens (including phenoxy) is 1. The highest BCUT2D eigenvalue weighted by Gasteiger charge is 2.32. The zero-order valence-electron chi connectivity index (χ0n) is 14.5. The van der Waals surface area contributed by atoms with Gasteiger partial charge in [-0.1, -0.05) is 0 Å². The van der Waals surface area contributed by atoms with Crippen LogP contribution < -0.4 is 4.74 Å². The van der Waals surface area contributed by atoms with Gasteiger partial charge in [-0.3, -0.25) is 9.59 Å². The Morgan fingerprint density at radius 1 is 1.32 bits per heavy atom. The lowest BCUT2D eigenvalue weighted by molar-refractivity contribution is 0.0629. The molecule has 0 unspecified atom stereocenters. The van der Waals surface area contributed by atoms with Gasteiger partial charge < -0.3 is 14.2 Å². The third-order valence-corrected chi connectivity index (χ3v) is 4.40. The molecule has 3 heterocycles. The van der Waals surface area contributed by atoms with Crippen molar-refractivity contribution < 1.29 is 14.3 Å². The van der Waals surface area contributed by atoms with Crippen molar-refractivity contribution in [1.29, 1.82) is 0 Å². The first kappa shape index (κ1) is 17.1. The molecule has 0 saturated carbocycles. The van der Waals surface area contributed by atoms with Gasteiger partial charge in [-0.2, -0.15) is 0 Å². The summed E-state index contributed by atoms with van der Waals surface area (Å²) in [4.78, 5) is 35.6. The van der Waals surface area contributed by atoms with Gasteiger partial charge in [-0.25, -0.2) is 9.97 Å². The Morgan fingerprint density at radius 3 is 2.88 bits per heavy atom. The van der Waals surface area contributed by atoms with E-state index >= 15 is 0 Å². The van der Waals surface area contributed by atoms with Crippen molar-refractivity contribution in [2.45, 2.75) is 19.8 Å². The molecule has 0 spiro atoms.